The van der Waals surface area contributed by atoms with E-state index in [0.29, 0.717) is 5.69 Å². The molecular weight excluding hydrogens is 198 g/mol. The highest BCUT2D eigenvalue weighted by Crippen LogP contribution is 2.06. The van der Waals surface area contributed by atoms with E-state index in [-0.39, 0.29) is 11.5 Å². The Hall–Kier alpha value is -2.44. The topological polar surface area (TPSA) is 107 Å². The molecule has 2 aromatic heterocycles. The molecule has 0 saturated heterocycles. The summed E-state index contributed by atoms with van der Waals surface area (Å²) in [6, 6.07) is 0. The monoisotopic (exact) mass is 205 g/mol. The summed E-state index contributed by atoms with van der Waals surface area (Å²) in [4.78, 5) is 19.1. The number of nitrogens with zero attached hydrogens (tertiary/aromatic N) is 3. The highest BCUT2D eigenvalue weighted by Gasteiger charge is 2.08. The number of hydrogen-bond donors (Lipinski definition) is 2. The lowest BCUT2D eigenvalue weighted by Crippen LogP contribution is -2.13. The smallest absolute Gasteiger partial charge is 0.275 e. The molecule has 3 N–H and O–H groups in total. The van der Waals surface area contributed by atoms with Crippen LogP contribution >= 0.6 is 0 Å². The molecule has 15 heavy (non-hydrogen) atoms. The van der Waals surface area contributed by atoms with E-state index in [1.165, 1.54) is 24.9 Å². The minimum absolute atomic E-state index is 0.172. The molecule has 0 radical (unpaired) electrons. The van der Waals surface area contributed by atoms with Gasteiger partial charge in [-0.05, 0) is 0 Å². The van der Waals surface area contributed by atoms with E-state index in [9.17, 15) is 4.79 Å². The number of amides is 1. The van der Waals surface area contributed by atoms with Gasteiger partial charge in [0, 0.05) is 0 Å². The number of nitrogens with two attached hydrogens (primary N) is 1. The van der Waals surface area contributed by atoms with Gasteiger partial charge in [0.25, 0.3) is 5.91 Å². The van der Waals surface area contributed by atoms with E-state index in [1.807, 2.05) is 0 Å². The molecule has 0 aliphatic heterocycles. The Bertz CT molecular complexity index is 450. The number of anilines is 2. The van der Waals surface area contributed by atoms with Crippen molar-refractivity contribution in [3.63, 3.8) is 0 Å². The third-order valence-corrected chi connectivity index (χ3v) is 1.59. The van der Waals surface area contributed by atoms with Crippen LogP contribution in [0.3, 0.4) is 0 Å². The van der Waals surface area contributed by atoms with Gasteiger partial charge < -0.3 is 15.6 Å². The summed E-state index contributed by atoms with van der Waals surface area (Å²) in [6.45, 7) is 0. The zero-order valence-corrected chi connectivity index (χ0v) is 7.54. The number of aromatic nitrogens is 3. The van der Waals surface area contributed by atoms with Crippen molar-refractivity contribution in [1.82, 2.24) is 15.1 Å². The Morgan fingerprint density at radius 1 is 1.33 bits per heavy atom. The highest BCUT2D eigenvalue weighted by molar-refractivity contribution is 6.02. The van der Waals surface area contributed by atoms with Crippen LogP contribution in [0.25, 0.3) is 0 Å². The van der Waals surface area contributed by atoms with E-state index >= 15 is 0 Å². The van der Waals surface area contributed by atoms with Crippen LogP contribution in [0, 0.1) is 0 Å². The SMILES string of the molecule is Nc1cnc(C(=O)Nc2cnoc2)cn1. The predicted molar refractivity (Wildman–Crippen MR) is 50.9 cm³/mol. The first-order valence-corrected chi connectivity index (χ1v) is 4.04. The molecule has 0 aliphatic rings. The van der Waals surface area contributed by atoms with Crippen molar-refractivity contribution in [2.75, 3.05) is 11.1 Å². The van der Waals surface area contributed by atoms with E-state index < -0.39 is 5.91 Å². The summed E-state index contributed by atoms with van der Waals surface area (Å²) in [6.07, 6.45) is 5.28. The Labute approximate surface area is 84.3 Å². The average Bonchev–Trinajstić information content (AvgIpc) is 2.71. The van der Waals surface area contributed by atoms with Gasteiger partial charge in [0.2, 0.25) is 0 Å². The Morgan fingerprint density at radius 3 is 2.80 bits per heavy atom. The zero-order chi connectivity index (χ0) is 10.7. The first kappa shape index (κ1) is 9.13. The van der Waals surface area contributed by atoms with Gasteiger partial charge in [0.05, 0.1) is 18.6 Å². The fourth-order valence-electron chi connectivity index (χ4n) is 0.917. The molecule has 76 valence electrons. The van der Waals surface area contributed by atoms with Gasteiger partial charge in [0.1, 0.15) is 23.5 Å². The van der Waals surface area contributed by atoms with Crippen molar-refractivity contribution < 1.29 is 9.32 Å². The number of nitrogen functional groups attached to an aromatic ring is 1. The summed E-state index contributed by atoms with van der Waals surface area (Å²) in [7, 11) is 0. The second-order valence-electron chi connectivity index (χ2n) is 2.69. The van der Waals surface area contributed by atoms with Gasteiger partial charge in [-0.3, -0.25) is 4.79 Å². The minimum Gasteiger partial charge on any atom is -0.382 e. The maximum atomic E-state index is 11.5. The number of hydrogen-bond acceptors (Lipinski definition) is 6. The van der Waals surface area contributed by atoms with E-state index in [4.69, 9.17) is 5.73 Å². The largest absolute Gasteiger partial charge is 0.382 e. The Kier molecular flexibility index (Phi) is 2.28. The summed E-state index contributed by atoms with van der Waals surface area (Å²) in [5.74, 6) is -0.137. The summed E-state index contributed by atoms with van der Waals surface area (Å²) < 4.78 is 4.55. The van der Waals surface area contributed by atoms with Crippen molar-refractivity contribution in [3.05, 3.63) is 30.5 Å². The van der Waals surface area contributed by atoms with Crippen LogP contribution in [-0.4, -0.2) is 21.0 Å². The van der Waals surface area contributed by atoms with Crippen molar-refractivity contribution in [1.29, 1.82) is 0 Å². The maximum absolute atomic E-state index is 11.5. The second-order valence-corrected chi connectivity index (χ2v) is 2.69. The number of carbonyl (C=O) groups is 1. The molecule has 0 atom stereocenters. The molecule has 7 nitrogen and oxygen atoms in total. The number of rotatable bonds is 2. The summed E-state index contributed by atoms with van der Waals surface area (Å²) >= 11 is 0. The van der Waals surface area contributed by atoms with Gasteiger partial charge in [-0.25, -0.2) is 9.97 Å². The van der Waals surface area contributed by atoms with Gasteiger partial charge in [-0.1, -0.05) is 5.16 Å². The van der Waals surface area contributed by atoms with Crippen LogP contribution in [0.5, 0.6) is 0 Å². The predicted octanol–water partition coefficient (Wildman–Crippen LogP) is 0.299. The lowest BCUT2D eigenvalue weighted by Gasteiger charge is -1.99. The second kappa shape index (κ2) is 3.74. The standard InChI is InChI=1S/C8H7N5O2/c9-7-3-10-6(2-11-7)8(14)13-5-1-12-15-4-5/h1-4H,(H2,9,11)(H,13,14). The zero-order valence-electron chi connectivity index (χ0n) is 7.54. The fraction of sp³-hybridized carbons (Fsp3) is 0. The molecule has 0 aromatic carbocycles. The molecule has 2 heterocycles. The Morgan fingerprint density at radius 2 is 2.20 bits per heavy atom. The van der Waals surface area contributed by atoms with Crippen molar-refractivity contribution in [2.45, 2.75) is 0 Å². The third kappa shape index (κ3) is 2.08. The van der Waals surface area contributed by atoms with Gasteiger partial charge in [0.15, 0.2) is 0 Å². The molecule has 0 spiro atoms. The maximum Gasteiger partial charge on any atom is 0.275 e. The lowest BCUT2D eigenvalue weighted by molar-refractivity contribution is 0.102. The molecule has 0 unspecified atom stereocenters. The molecule has 7 heteroatoms. The van der Waals surface area contributed by atoms with Crippen molar-refractivity contribution >= 4 is 17.4 Å². The van der Waals surface area contributed by atoms with Crippen LogP contribution in [0.1, 0.15) is 10.5 Å². The third-order valence-electron chi connectivity index (χ3n) is 1.59. The van der Waals surface area contributed by atoms with Crippen molar-refractivity contribution in [2.24, 2.45) is 0 Å². The molecule has 0 saturated carbocycles. The molecule has 0 fully saturated rings. The minimum atomic E-state index is -0.397. The molecule has 0 bridgehead atoms. The number of carbonyl (C=O) groups excluding carboxylic acids is 1. The fourth-order valence-corrected chi connectivity index (χ4v) is 0.917. The van der Waals surface area contributed by atoms with E-state index in [2.05, 4.69) is 25.0 Å². The highest BCUT2D eigenvalue weighted by atomic mass is 16.5. The van der Waals surface area contributed by atoms with Crippen LogP contribution in [0.15, 0.2) is 29.4 Å². The summed E-state index contributed by atoms with van der Waals surface area (Å²) in [5.41, 5.74) is 5.96. The first-order chi connectivity index (χ1) is 7.25. The normalized spacial score (nSPS) is 9.87. The van der Waals surface area contributed by atoms with Crippen LogP contribution in [-0.2, 0) is 0 Å². The lowest BCUT2D eigenvalue weighted by atomic mass is 10.4. The first-order valence-electron chi connectivity index (χ1n) is 4.04. The number of nitrogens with one attached hydrogen (secondary N) is 1. The van der Waals surface area contributed by atoms with Gasteiger partial charge in [-0.2, -0.15) is 0 Å². The quantitative estimate of drug-likeness (QED) is 0.730. The molecule has 1 amide bonds. The van der Waals surface area contributed by atoms with E-state index in [0.717, 1.165) is 0 Å². The average molecular weight is 205 g/mol. The Balaban J connectivity index is 2.11. The molecule has 0 aliphatic carbocycles. The van der Waals surface area contributed by atoms with Crippen LogP contribution in [0.4, 0.5) is 11.5 Å². The summed E-state index contributed by atoms with van der Waals surface area (Å²) in [5, 5.41) is 5.96. The van der Waals surface area contributed by atoms with Crippen LogP contribution in [0.2, 0.25) is 0 Å². The molecule has 2 rings (SSSR count). The van der Waals surface area contributed by atoms with Gasteiger partial charge in [-0.15, -0.1) is 0 Å². The van der Waals surface area contributed by atoms with Gasteiger partial charge >= 0.3 is 0 Å². The molecular formula is C8H7N5O2. The van der Waals surface area contributed by atoms with Crippen LogP contribution < -0.4 is 11.1 Å². The van der Waals surface area contributed by atoms with E-state index in [1.54, 1.807) is 0 Å². The van der Waals surface area contributed by atoms with Crippen molar-refractivity contribution in [3.8, 4) is 0 Å². The molecule has 2 aromatic rings.